The van der Waals surface area contributed by atoms with E-state index in [4.69, 9.17) is 19.2 Å². The average Bonchev–Trinajstić information content (AvgIpc) is 2.74. The van der Waals surface area contributed by atoms with Crippen molar-refractivity contribution in [2.45, 2.75) is 63.6 Å². The summed E-state index contributed by atoms with van der Waals surface area (Å²) >= 11 is 0. The molecular formula is C24H32F2N4O3S. The number of alkyl halides is 1. The molecule has 4 aliphatic rings. The normalized spacial score (nSPS) is 35.5. The maximum Gasteiger partial charge on any atom is 0.210 e. The number of amidine groups is 1. The van der Waals surface area contributed by atoms with Crippen LogP contribution >= 0.6 is 0 Å². The molecule has 3 heterocycles. The molecule has 0 spiro atoms. The minimum absolute atomic E-state index is 0.118. The summed E-state index contributed by atoms with van der Waals surface area (Å²) in [5.74, 6) is 0.135. The molecule has 4 rings (SSSR count). The largest absolute Gasteiger partial charge is 0.475 e. The highest BCUT2D eigenvalue weighted by Gasteiger charge is 2.30. The van der Waals surface area contributed by atoms with Crippen molar-refractivity contribution < 1.29 is 22.5 Å². The molecule has 186 valence electrons. The van der Waals surface area contributed by atoms with Crippen molar-refractivity contribution in [1.29, 1.82) is 4.78 Å². The van der Waals surface area contributed by atoms with Gasteiger partial charge in [0.25, 0.3) is 0 Å². The van der Waals surface area contributed by atoms with Crippen LogP contribution in [0.15, 0.2) is 57.5 Å². The Balaban J connectivity index is 1.65. The van der Waals surface area contributed by atoms with Crippen LogP contribution in [0.1, 0.15) is 39.0 Å². The van der Waals surface area contributed by atoms with Gasteiger partial charge in [-0.05, 0) is 49.5 Å². The highest BCUT2D eigenvalue weighted by molar-refractivity contribution is 7.91. The Morgan fingerprint density at radius 3 is 2.91 bits per heavy atom. The zero-order valence-electron chi connectivity index (χ0n) is 19.5. The van der Waals surface area contributed by atoms with E-state index in [9.17, 15) is 13.0 Å². The summed E-state index contributed by atoms with van der Waals surface area (Å²) in [7, 11) is -2.74. The van der Waals surface area contributed by atoms with Crippen LogP contribution in [0.4, 0.5) is 8.78 Å². The lowest BCUT2D eigenvalue weighted by atomic mass is 9.87. The second-order valence-electron chi connectivity index (χ2n) is 9.34. The predicted octanol–water partition coefficient (Wildman–Crippen LogP) is 4.35. The van der Waals surface area contributed by atoms with E-state index in [-0.39, 0.29) is 24.1 Å². The zero-order valence-corrected chi connectivity index (χ0v) is 20.3. The third-order valence-corrected chi connectivity index (χ3v) is 7.03. The van der Waals surface area contributed by atoms with Crippen LogP contribution in [-0.2, 0) is 19.2 Å². The van der Waals surface area contributed by atoms with Gasteiger partial charge in [-0.3, -0.25) is 4.78 Å². The monoisotopic (exact) mass is 494 g/mol. The summed E-state index contributed by atoms with van der Waals surface area (Å²) in [6, 6.07) is 0. The van der Waals surface area contributed by atoms with Crippen LogP contribution < -0.4 is 5.32 Å². The number of dihydropyridines is 1. The Kier molecular flexibility index (Phi) is 7.67. The van der Waals surface area contributed by atoms with Crippen molar-refractivity contribution in [3.63, 3.8) is 0 Å². The van der Waals surface area contributed by atoms with Gasteiger partial charge in [-0.25, -0.2) is 23.0 Å². The molecule has 2 N–H and O–H groups in total. The fraction of sp³-hybridized carbons (Fsp3) is 0.583. The van der Waals surface area contributed by atoms with Gasteiger partial charge in [-0.1, -0.05) is 6.08 Å². The fourth-order valence-corrected chi connectivity index (χ4v) is 5.39. The van der Waals surface area contributed by atoms with Crippen LogP contribution in [-0.4, -0.2) is 59.1 Å². The molecule has 0 radical (unpaired) electrons. The molecule has 6 bridgehead atoms. The Labute approximate surface area is 199 Å². The first-order valence-corrected chi connectivity index (χ1v) is 13.8. The van der Waals surface area contributed by atoms with Gasteiger partial charge < -0.3 is 14.8 Å². The number of allylic oxidation sites excluding steroid dienone is 3. The number of nitrogens with one attached hydrogen (secondary N) is 2. The highest BCUT2D eigenvalue weighted by Crippen LogP contribution is 2.33. The van der Waals surface area contributed by atoms with Gasteiger partial charge in [0.2, 0.25) is 5.90 Å². The lowest BCUT2D eigenvalue weighted by molar-refractivity contribution is 0.0391. The SMILES string of the molecule is CC1CCCCOC2C=C(C=CC2F)C2C/C(=N\C3CC(CS(C)(=N)=O)=CC(=N3)O1)NC=C2F. The Bertz CT molecular complexity index is 1080. The van der Waals surface area contributed by atoms with E-state index in [2.05, 4.69) is 10.3 Å². The molecule has 0 aromatic rings. The molecule has 3 aliphatic heterocycles. The van der Waals surface area contributed by atoms with Crippen molar-refractivity contribution in [3.05, 3.63) is 47.5 Å². The molecule has 0 amide bonds. The number of ether oxygens (including phenoxy) is 2. The maximum absolute atomic E-state index is 14.8. The lowest BCUT2D eigenvalue weighted by Crippen LogP contribution is -2.32. The molecule has 6 atom stereocenters. The van der Waals surface area contributed by atoms with Crippen LogP contribution in [0.5, 0.6) is 0 Å². The fourth-order valence-electron chi connectivity index (χ4n) is 4.48. The summed E-state index contributed by atoms with van der Waals surface area (Å²) in [6.07, 6.45) is 9.54. The number of halogens is 2. The van der Waals surface area contributed by atoms with E-state index in [1.807, 2.05) is 6.92 Å². The average molecular weight is 495 g/mol. The van der Waals surface area contributed by atoms with Gasteiger partial charge in [0, 0.05) is 53.6 Å². The minimum Gasteiger partial charge on any atom is -0.475 e. The van der Waals surface area contributed by atoms with Gasteiger partial charge in [0.1, 0.15) is 30.1 Å². The second kappa shape index (κ2) is 10.5. The molecule has 0 aromatic carbocycles. The van der Waals surface area contributed by atoms with Crippen molar-refractivity contribution >= 4 is 21.5 Å². The third kappa shape index (κ3) is 6.63. The smallest absolute Gasteiger partial charge is 0.210 e. The predicted molar refractivity (Wildman–Crippen MR) is 130 cm³/mol. The molecule has 7 nitrogen and oxygen atoms in total. The Morgan fingerprint density at radius 2 is 2.12 bits per heavy atom. The number of hydrogen-bond donors (Lipinski definition) is 2. The quantitative estimate of drug-likeness (QED) is 0.597. The molecule has 34 heavy (non-hydrogen) atoms. The van der Waals surface area contributed by atoms with Crippen LogP contribution in [0.3, 0.4) is 0 Å². The topological polar surface area (TPSA) is 96.1 Å². The first kappa shape index (κ1) is 24.8. The molecule has 0 fully saturated rings. The summed E-state index contributed by atoms with van der Waals surface area (Å²) in [4.78, 5) is 9.32. The summed E-state index contributed by atoms with van der Waals surface area (Å²) in [5, 5.41) is 2.90. The number of nitrogens with zero attached hydrogens (tertiary/aromatic N) is 2. The Hall–Kier alpha value is -2.33. The van der Waals surface area contributed by atoms with Crippen molar-refractivity contribution in [2.24, 2.45) is 15.9 Å². The molecule has 1 aliphatic carbocycles. The first-order valence-electron chi connectivity index (χ1n) is 11.7. The van der Waals surface area contributed by atoms with Crippen molar-refractivity contribution in [3.8, 4) is 0 Å². The van der Waals surface area contributed by atoms with Crippen LogP contribution in [0.25, 0.3) is 0 Å². The van der Waals surface area contributed by atoms with Crippen molar-refractivity contribution in [2.75, 3.05) is 18.6 Å². The van der Waals surface area contributed by atoms with E-state index in [1.54, 1.807) is 18.2 Å². The van der Waals surface area contributed by atoms with E-state index >= 15 is 0 Å². The molecule has 0 aromatic heterocycles. The summed E-state index contributed by atoms with van der Waals surface area (Å²) in [6.45, 7) is 2.35. The Morgan fingerprint density at radius 1 is 1.29 bits per heavy atom. The first-order chi connectivity index (χ1) is 16.2. The van der Waals surface area contributed by atoms with Gasteiger partial charge >= 0.3 is 0 Å². The van der Waals surface area contributed by atoms with E-state index in [0.29, 0.717) is 30.3 Å². The molecule has 0 saturated carbocycles. The number of rotatable bonds is 2. The van der Waals surface area contributed by atoms with E-state index in [1.165, 1.54) is 18.5 Å². The van der Waals surface area contributed by atoms with Crippen LogP contribution in [0, 0.1) is 10.7 Å². The van der Waals surface area contributed by atoms with Crippen molar-refractivity contribution in [1.82, 2.24) is 5.32 Å². The molecule has 6 unspecified atom stereocenters. The summed E-state index contributed by atoms with van der Waals surface area (Å²) in [5.41, 5.74) is 1.46. The number of fused-ring (bicyclic) bond motifs is 5. The molecule has 10 heteroatoms. The standard InChI is InChI=1S/C24H32F2N4O3S/c1-15-5-3-4-8-32-21-11-17(6-7-19(21)25)18-12-22(28-13-20(18)26)29-23-9-16(14-34(2,27)31)10-24(30-23)33-15/h6-7,10-11,13,15,18-19,21,23,27H,3-5,8-9,12,14H2,1-2H3,(H,28,29). The maximum atomic E-state index is 14.8. The molecular weight excluding hydrogens is 462 g/mol. The lowest BCUT2D eigenvalue weighted by Gasteiger charge is -2.28. The van der Waals surface area contributed by atoms with Gasteiger partial charge in [-0.2, -0.15) is 0 Å². The molecule has 0 saturated heterocycles. The van der Waals surface area contributed by atoms with Gasteiger partial charge in [0.05, 0.1) is 11.9 Å². The number of aliphatic imine (C=N–C) groups is 2. The van der Waals surface area contributed by atoms with Crippen LogP contribution in [0.2, 0.25) is 0 Å². The highest BCUT2D eigenvalue weighted by atomic mass is 32.2. The minimum atomic E-state index is -2.74. The third-order valence-electron chi connectivity index (χ3n) is 6.10. The number of hydrogen-bond acceptors (Lipinski definition) is 7. The van der Waals surface area contributed by atoms with E-state index < -0.39 is 34.1 Å². The van der Waals surface area contributed by atoms with E-state index in [0.717, 1.165) is 24.8 Å². The van der Waals surface area contributed by atoms with Gasteiger partial charge in [0.15, 0.2) is 0 Å². The zero-order chi connectivity index (χ0) is 24.3. The summed E-state index contributed by atoms with van der Waals surface area (Å²) < 4.78 is 61.0. The van der Waals surface area contributed by atoms with Gasteiger partial charge in [-0.15, -0.1) is 0 Å². The second-order valence-corrected chi connectivity index (χ2v) is 11.6.